The van der Waals surface area contributed by atoms with E-state index in [9.17, 15) is 4.79 Å². The van der Waals surface area contributed by atoms with Gasteiger partial charge in [-0.05, 0) is 28.8 Å². The van der Waals surface area contributed by atoms with Crippen molar-refractivity contribution in [2.24, 2.45) is 0 Å². The van der Waals surface area contributed by atoms with Crippen LogP contribution in [0.4, 0.5) is 0 Å². The van der Waals surface area contributed by atoms with Crippen LogP contribution >= 0.6 is 27.3 Å². The molecule has 0 N–H and O–H groups in total. The SMILES string of the molecule is O=CC1(c2nc(Br)cs2)CC1. The second-order valence-corrected chi connectivity index (χ2v) is 4.42. The van der Waals surface area contributed by atoms with E-state index in [1.165, 1.54) is 0 Å². The average molecular weight is 232 g/mol. The Morgan fingerprint density at radius 3 is 2.82 bits per heavy atom. The van der Waals surface area contributed by atoms with Gasteiger partial charge in [-0.2, -0.15) is 0 Å². The number of halogens is 1. The molecule has 0 radical (unpaired) electrons. The molecular weight excluding hydrogens is 226 g/mol. The van der Waals surface area contributed by atoms with E-state index in [0.29, 0.717) is 0 Å². The molecule has 1 aromatic heterocycles. The number of rotatable bonds is 2. The largest absolute Gasteiger partial charge is 0.302 e. The number of aldehydes is 1. The number of carbonyl (C=O) groups excluding carboxylic acids is 1. The van der Waals surface area contributed by atoms with Crippen molar-refractivity contribution in [3.05, 3.63) is 15.0 Å². The smallest absolute Gasteiger partial charge is 0.132 e. The van der Waals surface area contributed by atoms with E-state index in [2.05, 4.69) is 20.9 Å². The first kappa shape index (κ1) is 7.43. The van der Waals surface area contributed by atoms with Crippen LogP contribution < -0.4 is 0 Å². The van der Waals surface area contributed by atoms with Crippen LogP contribution in [0, 0.1) is 0 Å². The molecule has 1 heterocycles. The van der Waals surface area contributed by atoms with E-state index in [4.69, 9.17) is 0 Å². The summed E-state index contributed by atoms with van der Waals surface area (Å²) in [7, 11) is 0. The second-order valence-electron chi connectivity index (χ2n) is 2.75. The van der Waals surface area contributed by atoms with Gasteiger partial charge in [-0.15, -0.1) is 11.3 Å². The summed E-state index contributed by atoms with van der Waals surface area (Å²) in [4.78, 5) is 14.9. The Labute approximate surface area is 76.8 Å². The Hall–Kier alpha value is -0.220. The minimum absolute atomic E-state index is 0.198. The molecule has 1 fully saturated rings. The van der Waals surface area contributed by atoms with Gasteiger partial charge in [-0.1, -0.05) is 0 Å². The van der Waals surface area contributed by atoms with Crippen molar-refractivity contribution >= 4 is 33.6 Å². The number of thiazole rings is 1. The fraction of sp³-hybridized carbons (Fsp3) is 0.429. The van der Waals surface area contributed by atoms with Gasteiger partial charge in [0.05, 0.1) is 5.41 Å². The molecule has 1 aliphatic carbocycles. The summed E-state index contributed by atoms with van der Waals surface area (Å²) < 4.78 is 0.839. The Bertz CT molecular complexity index is 292. The Balaban J connectivity index is 2.36. The van der Waals surface area contributed by atoms with Gasteiger partial charge < -0.3 is 4.79 Å². The van der Waals surface area contributed by atoms with Gasteiger partial charge in [0.25, 0.3) is 0 Å². The lowest BCUT2D eigenvalue weighted by Gasteiger charge is -1.98. The summed E-state index contributed by atoms with van der Waals surface area (Å²) in [5.74, 6) is 0. The van der Waals surface area contributed by atoms with Crippen molar-refractivity contribution in [3.8, 4) is 0 Å². The van der Waals surface area contributed by atoms with Gasteiger partial charge in [-0.3, -0.25) is 0 Å². The first-order valence-corrected chi connectivity index (χ1v) is 5.02. The van der Waals surface area contributed by atoms with Crippen LogP contribution in [0.25, 0.3) is 0 Å². The molecular formula is C7H6BrNOS. The van der Waals surface area contributed by atoms with Crippen LogP contribution in [0.5, 0.6) is 0 Å². The Morgan fingerprint density at radius 2 is 2.45 bits per heavy atom. The van der Waals surface area contributed by atoms with E-state index in [1.54, 1.807) is 11.3 Å². The third-order valence-corrected chi connectivity index (χ3v) is 3.69. The van der Waals surface area contributed by atoms with Crippen LogP contribution in [-0.4, -0.2) is 11.3 Å². The molecule has 11 heavy (non-hydrogen) atoms. The van der Waals surface area contributed by atoms with Crippen LogP contribution in [-0.2, 0) is 10.2 Å². The lowest BCUT2D eigenvalue weighted by atomic mass is 10.1. The molecule has 0 saturated heterocycles. The standard InChI is InChI=1S/C7H6BrNOS/c8-5-3-11-6(9-5)7(4-10)1-2-7/h3-4H,1-2H2. The molecule has 58 valence electrons. The molecule has 1 aromatic rings. The van der Waals surface area contributed by atoms with Crippen molar-refractivity contribution in [2.75, 3.05) is 0 Å². The molecule has 2 nitrogen and oxygen atoms in total. The predicted octanol–water partition coefficient (Wildman–Crippen LogP) is 2.14. The maximum atomic E-state index is 10.7. The normalized spacial score (nSPS) is 19.7. The zero-order chi connectivity index (χ0) is 7.90. The molecule has 0 aliphatic heterocycles. The fourth-order valence-corrected chi connectivity index (χ4v) is 2.47. The molecule has 0 bridgehead atoms. The summed E-state index contributed by atoms with van der Waals surface area (Å²) in [5, 5.41) is 2.87. The van der Waals surface area contributed by atoms with Crippen LogP contribution in [0.15, 0.2) is 9.98 Å². The van der Waals surface area contributed by atoms with Gasteiger partial charge in [0, 0.05) is 5.38 Å². The number of hydrogen-bond donors (Lipinski definition) is 0. The number of nitrogens with zero attached hydrogens (tertiary/aromatic N) is 1. The van der Waals surface area contributed by atoms with Gasteiger partial charge in [-0.25, -0.2) is 4.98 Å². The lowest BCUT2D eigenvalue weighted by Crippen LogP contribution is -2.06. The van der Waals surface area contributed by atoms with Gasteiger partial charge in [0.2, 0.25) is 0 Å². The fourth-order valence-electron chi connectivity index (χ4n) is 1.000. The number of aromatic nitrogens is 1. The lowest BCUT2D eigenvalue weighted by molar-refractivity contribution is -0.109. The zero-order valence-electron chi connectivity index (χ0n) is 5.71. The van der Waals surface area contributed by atoms with Gasteiger partial charge in [0.15, 0.2) is 0 Å². The molecule has 0 atom stereocenters. The summed E-state index contributed by atoms with van der Waals surface area (Å²) in [5.41, 5.74) is -0.198. The first-order valence-electron chi connectivity index (χ1n) is 3.35. The van der Waals surface area contributed by atoms with E-state index in [1.807, 2.05) is 5.38 Å². The monoisotopic (exact) mass is 231 g/mol. The van der Waals surface area contributed by atoms with Crippen molar-refractivity contribution in [1.29, 1.82) is 0 Å². The number of hydrogen-bond acceptors (Lipinski definition) is 3. The third-order valence-electron chi connectivity index (χ3n) is 1.92. The Morgan fingerprint density at radius 1 is 1.73 bits per heavy atom. The van der Waals surface area contributed by atoms with Gasteiger partial charge in [0.1, 0.15) is 15.9 Å². The molecule has 1 saturated carbocycles. The quantitative estimate of drug-likeness (QED) is 0.731. The maximum absolute atomic E-state index is 10.7. The molecule has 1 aliphatic rings. The van der Waals surface area contributed by atoms with E-state index < -0.39 is 0 Å². The highest BCUT2D eigenvalue weighted by Crippen LogP contribution is 2.47. The Kier molecular flexibility index (Phi) is 1.61. The van der Waals surface area contributed by atoms with Crippen molar-refractivity contribution in [2.45, 2.75) is 18.3 Å². The highest BCUT2D eigenvalue weighted by atomic mass is 79.9. The highest BCUT2D eigenvalue weighted by Gasteiger charge is 2.46. The third kappa shape index (κ3) is 1.14. The molecule has 4 heteroatoms. The van der Waals surface area contributed by atoms with Crippen molar-refractivity contribution < 1.29 is 4.79 Å². The maximum Gasteiger partial charge on any atom is 0.132 e. The highest BCUT2D eigenvalue weighted by molar-refractivity contribution is 9.10. The van der Waals surface area contributed by atoms with Gasteiger partial charge >= 0.3 is 0 Å². The molecule has 0 spiro atoms. The summed E-state index contributed by atoms with van der Waals surface area (Å²) in [6.07, 6.45) is 2.96. The van der Waals surface area contributed by atoms with Crippen LogP contribution in [0.2, 0.25) is 0 Å². The molecule has 0 amide bonds. The summed E-state index contributed by atoms with van der Waals surface area (Å²) in [6.45, 7) is 0. The van der Waals surface area contributed by atoms with E-state index in [-0.39, 0.29) is 5.41 Å². The summed E-state index contributed by atoms with van der Waals surface area (Å²) >= 11 is 4.82. The van der Waals surface area contributed by atoms with Crippen LogP contribution in [0.3, 0.4) is 0 Å². The predicted molar refractivity (Wildman–Crippen MR) is 46.8 cm³/mol. The second kappa shape index (κ2) is 2.38. The summed E-state index contributed by atoms with van der Waals surface area (Å²) in [6, 6.07) is 0. The number of carbonyl (C=O) groups is 1. The molecule has 2 rings (SSSR count). The zero-order valence-corrected chi connectivity index (χ0v) is 8.11. The minimum Gasteiger partial charge on any atom is -0.302 e. The van der Waals surface area contributed by atoms with Crippen molar-refractivity contribution in [1.82, 2.24) is 4.98 Å². The van der Waals surface area contributed by atoms with E-state index in [0.717, 1.165) is 28.7 Å². The average Bonchev–Trinajstić information content (AvgIpc) is 2.70. The first-order chi connectivity index (χ1) is 5.27. The minimum atomic E-state index is -0.198. The van der Waals surface area contributed by atoms with Crippen LogP contribution in [0.1, 0.15) is 17.8 Å². The molecule has 0 unspecified atom stereocenters. The topological polar surface area (TPSA) is 30.0 Å². The molecule has 0 aromatic carbocycles. The van der Waals surface area contributed by atoms with Crippen molar-refractivity contribution in [3.63, 3.8) is 0 Å². The van der Waals surface area contributed by atoms with E-state index >= 15 is 0 Å².